The summed E-state index contributed by atoms with van der Waals surface area (Å²) < 4.78 is 0. The van der Waals surface area contributed by atoms with Gasteiger partial charge in [0.1, 0.15) is 6.29 Å². The molecule has 2 aliphatic rings. The van der Waals surface area contributed by atoms with Crippen molar-refractivity contribution in [2.45, 2.75) is 57.5 Å². The normalized spacial score (nSPS) is 30.2. The van der Waals surface area contributed by atoms with Crippen molar-refractivity contribution in [1.82, 2.24) is 9.80 Å². The molecule has 2 atom stereocenters. The Kier molecular flexibility index (Phi) is 4.75. The fourth-order valence-corrected chi connectivity index (χ4v) is 3.10. The van der Waals surface area contributed by atoms with Crippen LogP contribution in [0.1, 0.15) is 45.4 Å². The predicted octanol–water partition coefficient (Wildman–Crippen LogP) is 1.44. The molecule has 0 N–H and O–H groups in total. The Morgan fingerprint density at radius 3 is 2.61 bits per heavy atom. The second-order valence-electron chi connectivity index (χ2n) is 5.60. The van der Waals surface area contributed by atoms with Crippen molar-refractivity contribution in [2.24, 2.45) is 0 Å². The molecule has 0 aliphatic carbocycles. The van der Waals surface area contributed by atoms with Crippen molar-refractivity contribution in [1.29, 1.82) is 0 Å². The average molecular weight is 252 g/mol. The number of piperidine rings is 2. The van der Waals surface area contributed by atoms with Crippen molar-refractivity contribution < 1.29 is 9.59 Å². The summed E-state index contributed by atoms with van der Waals surface area (Å²) in [6, 6.07) is 0.327. The van der Waals surface area contributed by atoms with Gasteiger partial charge in [-0.15, -0.1) is 0 Å². The third-order valence-electron chi connectivity index (χ3n) is 4.28. The number of nitrogens with zero attached hydrogens (tertiary/aromatic N) is 2. The molecule has 2 unspecified atom stereocenters. The van der Waals surface area contributed by atoms with Gasteiger partial charge in [0, 0.05) is 12.6 Å². The number of carbonyl (C=O) groups excluding carboxylic acids is 2. The van der Waals surface area contributed by atoms with Crippen molar-refractivity contribution in [3.05, 3.63) is 0 Å². The third kappa shape index (κ3) is 3.10. The van der Waals surface area contributed by atoms with E-state index < -0.39 is 0 Å². The van der Waals surface area contributed by atoms with Gasteiger partial charge in [-0.3, -0.25) is 9.69 Å². The zero-order chi connectivity index (χ0) is 13.0. The molecule has 0 saturated carbocycles. The highest BCUT2D eigenvalue weighted by molar-refractivity contribution is 5.79. The minimum Gasteiger partial charge on any atom is -0.339 e. The summed E-state index contributed by atoms with van der Waals surface area (Å²) in [7, 11) is 0. The second-order valence-corrected chi connectivity index (χ2v) is 5.60. The van der Waals surface area contributed by atoms with E-state index >= 15 is 0 Å². The maximum atomic E-state index is 12.3. The highest BCUT2D eigenvalue weighted by atomic mass is 16.2. The summed E-state index contributed by atoms with van der Waals surface area (Å²) in [5.74, 6) is 0.205. The first-order valence-corrected chi connectivity index (χ1v) is 7.21. The maximum absolute atomic E-state index is 12.3. The van der Waals surface area contributed by atoms with Gasteiger partial charge in [0.2, 0.25) is 5.91 Å². The lowest BCUT2D eigenvalue weighted by Crippen LogP contribution is -2.50. The van der Waals surface area contributed by atoms with Crippen LogP contribution in [0.3, 0.4) is 0 Å². The van der Waals surface area contributed by atoms with E-state index in [0.29, 0.717) is 12.6 Å². The summed E-state index contributed by atoms with van der Waals surface area (Å²) in [6.07, 6.45) is 7.58. The fourth-order valence-electron chi connectivity index (χ4n) is 3.10. The highest BCUT2D eigenvalue weighted by Crippen LogP contribution is 2.19. The minimum absolute atomic E-state index is 0.0391. The Balaban J connectivity index is 1.90. The summed E-state index contributed by atoms with van der Waals surface area (Å²) in [5, 5.41) is 0. The standard InChI is InChI=1S/C14H24N2O2/c1-12-6-2-5-9-16(12)14(18)10-15-8-4-3-7-13(15)11-17/h11-13H,2-10H2,1H3. The Morgan fingerprint density at radius 2 is 1.89 bits per heavy atom. The lowest BCUT2D eigenvalue weighted by molar-refractivity contribution is -0.137. The van der Waals surface area contributed by atoms with Gasteiger partial charge in [-0.2, -0.15) is 0 Å². The zero-order valence-corrected chi connectivity index (χ0v) is 11.3. The Bertz CT molecular complexity index is 306. The highest BCUT2D eigenvalue weighted by Gasteiger charge is 2.28. The zero-order valence-electron chi connectivity index (χ0n) is 11.3. The van der Waals surface area contributed by atoms with Gasteiger partial charge in [-0.05, 0) is 45.6 Å². The molecule has 18 heavy (non-hydrogen) atoms. The summed E-state index contributed by atoms with van der Waals surface area (Å²) in [4.78, 5) is 27.4. The van der Waals surface area contributed by atoms with E-state index in [0.717, 1.165) is 51.5 Å². The van der Waals surface area contributed by atoms with Crippen molar-refractivity contribution >= 4 is 12.2 Å². The van der Waals surface area contributed by atoms with Crippen LogP contribution in [0.25, 0.3) is 0 Å². The van der Waals surface area contributed by atoms with Gasteiger partial charge in [0.25, 0.3) is 0 Å². The quantitative estimate of drug-likeness (QED) is 0.714. The largest absolute Gasteiger partial charge is 0.339 e. The van der Waals surface area contributed by atoms with E-state index in [1.807, 2.05) is 4.90 Å². The van der Waals surface area contributed by atoms with Crippen LogP contribution in [0.15, 0.2) is 0 Å². The number of hydrogen-bond donors (Lipinski definition) is 0. The summed E-state index contributed by atoms with van der Waals surface area (Å²) in [5.41, 5.74) is 0. The van der Waals surface area contributed by atoms with Crippen LogP contribution in [0.2, 0.25) is 0 Å². The topological polar surface area (TPSA) is 40.6 Å². The van der Waals surface area contributed by atoms with Gasteiger partial charge in [0.05, 0.1) is 12.6 Å². The van der Waals surface area contributed by atoms with E-state index in [4.69, 9.17) is 0 Å². The molecule has 4 heteroatoms. The predicted molar refractivity (Wildman–Crippen MR) is 70.3 cm³/mol. The number of hydrogen-bond acceptors (Lipinski definition) is 3. The SMILES string of the molecule is CC1CCCCN1C(=O)CN1CCCCC1C=O. The van der Waals surface area contributed by atoms with Gasteiger partial charge < -0.3 is 9.69 Å². The van der Waals surface area contributed by atoms with Crippen molar-refractivity contribution in [2.75, 3.05) is 19.6 Å². The molecule has 102 valence electrons. The molecule has 0 spiro atoms. The molecule has 2 fully saturated rings. The van der Waals surface area contributed by atoms with Crippen LogP contribution < -0.4 is 0 Å². The molecular formula is C14H24N2O2. The Hall–Kier alpha value is -0.900. The number of amides is 1. The van der Waals surface area contributed by atoms with Crippen LogP contribution >= 0.6 is 0 Å². The Labute approximate surface area is 109 Å². The molecule has 2 saturated heterocycles. The summed E-state index contributed by atoms with van der Waals surface area (Å²) in [6.45, 7) is 4.33. The molecule has 2 aliphatic heterocycles. The molecule has 0 bridgehead atoms. The van der Waals surface area contributed by atoms with Gasteiger partial charge in [-0.1, -0.05) is 6.42 Å². The van der Waals surface area contributed by atoms with Gasteiger partial charge in [-0.25, -0.2) is 0 Å². The first-order valence-electron chi connectivity index (χ1n) is 7.21. The number of aldehydes is 1. The molecule has 0 aromatic rings. The Morgan fingerprint density at radius 1 is 1.17 bits per heavy atom. The molecule has 2 rings (SSSR count). The van der Waals surface area contributed by atoms with Crippen molar-refractivity contribution in [3.63, 3.8) is 0 Å². The first-order chi connectivity index (χ1) is 8.72. The van der Waals surface area contributed by atoms with Crippen LogP contribution in [-0.2, 0) is 9.59 Å². The first kappa shape index (κ1) is 13.5. The minimum atomic E-state index is -0.0391. The summed E-state index contributed by atoms with van der Waals surface area (Å²) >= 11 is 0. The van der Waals surface area contributed by atoms with Crippen LogP contribution in [0.5, 0.6) is 0 Å². The van der Waals surface area contributed by atoms with Gasteiger partial charge in [0.15, 0.2) is 0 Å². The van der Waals surface area contributed by atoms with E-state index in [1.165, 1.54) is 6.42 Å². The number of rotatable bonds is 3. The second kappa shape index (κ2) is 6.32. The number of likely N-dealkylation sites (tertiary alicyclic amines) is 2. The molecule has 4 nitrogen and oxygen atoms in total. The molecular weight excluding hydrogens is 228 g/mol. The van der Waals surface area contributed by atoms with E-state index in [1.54, 1.807) is 0 Å². The fraction of sp³-hybridized carbons (Fsp3) is 0.857. The van der Waals surface area contributed by atoms with Crippen molar-refractivity contribution in [3.8, 4) is 0 Å². The van der Waals surface area contributed by atoms with E-state index in [2.05, 4.69) is 11.8 Å². The molecule has 0 radical (unpaired) electrons. The molecule has 1 amide bonds. The maximum Gasteiger partial charge on any atom is 0.237 e. The van der Waals surface area contributed by atoms with Gasteiger partial charge >= 0.3 is 0 Å². The van der Waals surface area contributed by atoms with E-state index in [-0.39, 0.29) is 11.9 Å². The molecule has 0 aromatic heterocycles. The third-order valence-corrected chi connectivity index (χ3v) is 4.28. The smallest absolute Gasteiger partial charge is 0.237 e. The molecule has 0 aromatic carbocycles. The monoisotopic (exact) mass is 252 g/mol. The lowest BCUT2D eigenvalue weighted by atomic mass is 10.0. The van der Waals surface area contributed by atoms with E-state index in [9.17, 15) is 9.59 Å². The van der Waals surface area contributed by atoms with Crippen LogP contribution in [0, 0.1) is 0 Å². The lowest BCUT2D eigenvalue weighted by Gasteiger charge is -2.37. The number of carbonyl (C=O) groups is 2. The van der Waals surface area contributed by atoms with Crippen LogP contribution in [0.4, 0.5) is 0 Å². The molecule has 2 heterocycles. The average Bonchev–Trinajstić information content (AvgIpc) is 2.39. The van der Waals surface area contributed by atoms with Crippen LogP contribution in [-0.4, -0.2) is 53.7 Å².